The molecule has 0 bridgehead atoms. The summed E-state index contributed by atoms with van der Waals surface area (Å²) >= 11 is 0. The van der Waals surface area contributed by atoms with Crippen LogP contribution in [-0.4, -0.2) is 49.6 Å². The third-order valence-electron chi connectivity index (χ3n) is 3.95. The van der Waals surface area contributed by atoms with Crippen molar-refractivity contribution in [2.75, 3.05) is 32.8 Å². The lowest BCUT2D eigenvalue weighted by Crippen LogP contribution is -2.46. The fraction of sp³-hybridized carbons (Fsp3) is 0.647. The molecule has 1 N–H and O–H groups in total. The summed E-state index contributed by atoms with van der Waals surface area (Å²) in [4.78, 5) is 18.7. The second-order valence-corrected chi connectivity index (χ2v) is 5.58. The molecule has 1 fully saturated rings. The molecule has 1 aromatic rings. The summed E-state index contributed by atoms with van der Waals surface area (Å²) < 4.78 is 10.4. The summed E-state index contributed by atoms with van der Waals surface area (Å²) in [7, 11) is 0. The Hall–Kier alpha value is -1.98. The summed E-state index contributed by atoms with van der Waals surface area (Å²) in [5, 5.41) is 3.33. The maximum absolute atomic E-state index is 11.8. The van der Waals surface area contributed by atoms with Crippen LogP contribution in [0.4, 0.5) is 0 Å². The van der Waals surface area contributed by atoms with E-state index in [2.05, 4.69) is 22.1 Å². The second-order valence-electron chi connectivity index (χ2n) is 5.58. The molecule has 0 amide bonds. The minimum Gasteiger partial charge on any atom is -0.469 e. The van der Waals surface area contributed by atoms with E-state index in [9.17, 15) is 4.79 Å². The van der Waals surface area contributed by atoms with Gasteiger partial charge in [0.2, 0.25) is 0 Å². The molecular weight excluding hydrogens is 294 g/mol. The van der Waals surface area contributed by atoms with E-state index >= 15 is 0 Å². The van der Waals surface area contributed by atoms with Crippen molar-refractivity contribution in [3.05, 3.63) is 24.2 Å². The molecule has 128 valence electrons. The van der Waals surface area contributed by atoms with E-state index in [1.807, 2.05) is 19.1 Å². The van der Waals surface area contributed by atoms with Crippen LogP contribution in [0.3, 0.4) is 0 Å². The second kappa shape index (κ2) is 9.22. The van der Waals surface area contributed by atoms with E-state index in [4.69, 9.17) is 9.15 Å². The van der Waals surface area contributed by atoms with Gasteiger partial charge >= 0.3 is 5.97 Å². The Balaban J connectivity index is 1.85. The minimum absolute atomic E-state index is 0.0252. The first-order valence-corrected chi connectivity index (χ1v) is 8.46. The number of hydrogen-bond acceptors (Lipinski definition) is 4. The average Bonchev–Trinajstić information content (AvgIpc) is 3.08. The van der Waals surface area contributed by atoms with Crippen molar-refractivity contribution < 1.29 is 13.9 Å². The fourth-order valence-electron chi connectivity index (χ4n) is 2.74. The highest BCUT2D eigenvalue weighted by Gasteiger charge is 2.27. The number of ether oxygens (including phenoxy) is 1. The van der Waals surface area contributed by atoms with Gasteiger partial charge in [0.1, 0.15) is 5.76 Å². The van der Waals surface area contributed by atoms with Crippen molar-refractivity contribution in [2.45, 2.75) is 33.1 Å². The Morgan fingerprint density at radius 2 is 2.22 bits per heavy atom. The van der Waals surface area contributed by atoms with Gasteiger partial charge in [-0.2, -0.15) is 0 Å². The predicted molar refractivity (Wildman–Crippen MR) is 89.3 cm³/mol. The Kier molecular flexibility index (Phi) is 6.97. The number of nitrogens with zero attached hydrogens (tertiary/aromatic N) is 2. The van der Waals surface area contributed by atoms with Crippen LogP contribution in [-0.2, 0) is 16.0 Å². The minimum atomic E-state index is -0.0630. The number of hydrogen-bond donors (Lipinski definition) is 1. The third kappa shape index (κ3) is 5.30. The fourth-order valence-corrected chi connectivity index (χ4v) is 2.74. The van der Waals surface area contributed by atoms with Gasteiger partial charge in [0.25, 0.3) is 0 Å². The maximum Gasteiger partial charge on any atom is 0.309 e. The third-order valence-corrected chi connectivity index (χ3v) is 3.95. The van der Waals surface area contributed by atoms with Crippen molar-refractivity contribution in [3.63, 3.8) is 0 Å². The number of piperidine rings is 1. The largest absolute Gasteiger partial charge is 0.469 e. The molecule has 1 aromatic heterocycles. The van der Waals surface area contributed by atoms with E-state index in [1.165, 1.54) is 0 Å². The van der Waals surface area contributed by atoms with E-state index in [0.29, 0.717) is 13.2 Å². The Bertz CT molecular complexity index is 491. The van der Waals surface area contributed by atoms with Gasteiger partial charge in [-0.05, 0) is 38.8 Å². The molecule has 2 heterocycles. The molecule has 0 aliphatic carbocycles. The number of likely N-dealkylation sites (tertiary alicyclic amines) is 1. The van der Waals surface area contributed by atoms with Crippen molar-refractivity contribution in [3.8, 4) is 0 Å². The molecule has 23 heavy (non-hydrogen) atoms. The van der Waals surface area contributed by atoms with Gasteiger partial charge in [-0.25, -0.2) is 0 Å². The molecule has 6 nitrogen and oxygen atoms in total. The monoisotopic (exact) mass is 321 g/mol. The molecule has 0 unspecified atom stereocenters. The molecule has 0 atom stereocenters. The number of nitrogens with one attached hydrogen (secondary N) is 1. The van der Waals surface area contributed by atoms with Crippen molar-refractivity contribution >= 4 is 11.9 Å². The molecular formula is C17H27N3O3. The van der Waals surface area contributed by atoms with Gasteiger partial charge in [-0.3, -0.25) is 9.79 Å². The van der Waals surface area contributed by atoms with Crippen LogP contribution >= 0.6 is 0 Å². The van der Waals surface area contributed by atoms with Crippen molar-refractivity contribution in [2.24, 2.45) is 10.9 Å². The quantitative estimate of drug-likeness (QED) is 0.493. The van der Waals surface area contributed by atoms with Crippen LogP contribution in [0.15, 0.2) is 27.8 Å². The van der Waals surface area contributed by atoms with Crippen molar-refractivity contribution in [1.29, 1.82) is 0 Å². The first-order chi connectivity index (χ1) is 11.2. The number of carbonyl (C=O) groups excluding carboxylic acids is 1. The molecule has 0 spiro atoms. The average molecular weight is 321 g/mol. The van der Waals surface area contributed by atoms with Crippen LogP contribution in [0.2, 0.25) is 0 Å². The van der Waals surface area contributed by atoms with E-state index in [0.717, 1.165) is 50.6 Å². The smallest absolute Gasteiger partial charge is 0.309 e. The van der Waals surface area contributed by atoms with Gasteiger partial charge in [-0.15, -0.1) is 0 Å². The Morgan fingerprint density at radius 3 is 2.83 bits per heavy atom. The lowest BCUT2D eigenvalue weighted by Gasteiger charge is -2.33. The van der Waals surface area contributed by atoms with Crippen LogP contribution in [0.1, 0.15) is 32.4 Å². The molecule has 0 aromatic carbocycles. The molecule has 1 aliphatic rings. The Labute approximate surface area is 137 Å². The molecule has 0 saturated carbocycles. The predicted octanol–water partition coefficient (Wildman–Crippen LogP) is 2.06. The van der Waals surface area contributed by atoms with Gasteiger partial charge in [0.05, 0.1) is 18.8 Å². The SMILES string of the molecule is CCNC(=NCCc1ccco1)N1CCC(C(=O)OCC)CC1. The zero-order valence-corrected chi connectivity index (χ0v) is 14.1. The summed E-state index contributed by atoms with van der Waals surface area (Å²) in [6, 6.07) is 3.86. The zero-order chi connectivity index (χ0) is 16.5. The van der Waals surface area contributed by atoms with E-state index < -0.39 is 0 Å². The molecule has 1 aliphatic heterocycles. The van der Waals surface area contributed by atoms with E-state index in [-0.39, 0.29) is 11.9 Å². The van der Waals surface area contributed by atoms with Crippen LogP contribution in [0.5, 0.6) is 0 Å². The van der Waals surface area contributed by atoms with Crippen LogP contribution < -0.4 is 5.32 Å². The highest BCUT2D eigenvalue weighted by Crippen LogP contribution is 2.18. The van der Waals surface area contributed by atoms with Crippen LogP contribution in [0.25, 0.3) is 0 Å². The number of rotatable bonds is 6. The Morgan fingerprint density at radius 1 is 1.43 bits per heavy atom. The molecule has 0 radical (unpaired) electrons. The van der Waals surface area contributed by atoms with Crippen LogP contribution in [0, 0.1) is 5.92 Å². The summed E-state index contributed by atoms with van der Waals surface area (Å²) in [6.07, 6.45) is 4.12. The normalized spacial score (nSPS) is 16.4. The van der Waals surface area contributed by atoms with Gasteiger partial charge in [-0.1, -0.05) is 0 Å². The lowest BCUT2D eigenvalue weighted by atomic mass is 9.97. The van der Waals surface area contributed by atoms with Crippen molar-refractivity contribution in [1.82, 2.24) is 10.2 Å². The number of carbonyl (C=O) groups is 1. The zero-order valence-electron chi connectivity index (χ0n) is 14.1. The standard InChI is InChI=1S/C17H27N3O3/c1-3-18-17(19-10-7-15-6-5-13-23-15)20-11-8-14(9-12-20)16(21)22-4-2/h5-6,13-14H,3-4,7-12H2,1-2H3,(H,18,19). The van der Waals surface area contributed by atoms with Gasteiger partial charge in [0.15, 0.2) is 5.96 Å². The molecule has 2 rings (SSSR count). The summed E-state index contributed by atoms with van der Waals surface area (Å²) in [6.45, 7) is 7.54. The number of furan rings is 1. The lowest BCUT2D eigenvalue weighted by molar-refractivity contribution is -0.149. The van der Waals surface area contributed by atoms with Gasteiger partial charge in [0, 0.05) is 32.6 Å². The first-order valence-electron chi connectivity index (χ1n) is 8.46. The number of aliphatic imine (C=N–C) groups is 1. The summed E-state index contributed by atoms with van der Waals surface area (Å²) in [5.74, 6) is 1.83. The number of guanidine groups is 1. The topological polar surface area (TPSA) is 67.1 Å². The highest BCUT2D eigenvalue weighted by molar-refractivity contribution is 5.80. The number of esters is 1. The van der Waals surface area contributed by atoms with E-state index in [1.54, 1.807) is 6.26 Å². The molecule has 1 saturated heterocycles. The maximum atomic E-state index is 11.8. The summed E-state index contributed by atoms with van der Waals surface area (Å²) in [5.41, 5.74) is 0. The van der Waals surface area contributed by atoms with Gasteiger partial charge < -0.3 is 19.4 Å². The first kappa shape index (κ1) is 17.4. The molecule has 6 heteroatoms. The highest BCUT2D eigenvalue weighted by atomic mass is 16.5.